The van der Waals surface area contributed by atoms with Crippen molar-refractivity contribution in [2.24, 2.45) is 4.99 Å². The van der Waals surface area contributed by atoms with Crippen LogP contribution in [0.15, 0.2) is 47.5 Å². The molecule has 0 fully saturated rings. The van der Waals surface area contributed by atoms with Crippen LogP contribution >= 0.6 is 24.0 Å². The van der Waals surface area contributed by atoms with Gasteiger partial charge in [0.15, 0.2) is 5.96 Å². The lowest BCUT2D eigenvalue weighted by Gasteiger charge is -2.12. The average molecular weight is 527 g/mol. The number of methoxy groups -OCH3 is 2. The van der Waals surface area contributed by atoms with E-state index in [0.29, 0.717) is 19.8 Å². The van der Waals surface area contributed by atoms with Crippen LogP contribution in [0.2, 0.25) is 0 Å². The molecule has 2 aromatic rings. The summed E-state index contributed by atoms with van der Waals surface area (Å²) in [5.41, 5.74) is 3.51. The monoisotopic (exact) mass is 527 g/mol. The molecule has 6 nitrogen and oxygen atoms in total. The molecule has 0 unspecified atom stereocenters. The Morgan fingerprint density at radius 2 is 1.70 bits per heavy atom. The first-order valence-corrected chi connectivity index (χ1v) is 10.0. The molecule has 0 aliphatic rings. The summed E-state index contributed by atoms with van der Waals surface area (Å²) in [5, 5.41) is 6.69. The highest BCUT2D eigenvalue weighted by molar-refractivity contribution is 14.0. The third-order valence-electron chi connectivity index (χ3n) is 4.42. The zero-order valence-corrected chi connectivity index (χ0v) is 20.7. The highest BCUT2D eigenvalue weighted by atomic mass is 127. The minimum atomic E-state index is 0. The summed E-state index contributed by atoms with van der Waals surface area (Å²) in [4.78, 5) is 4.68. The van der Waals surface area contributed by atoms with Gasteiger partial charge < -0.3 is 24.8 Å². The molecule has 0 heterocycles. The van der Waals surface area contributed by atoms with Gasteiger partial charge in [0.25, 0.3) is 0 Å². The largest absolute Gasteiger partial charge is 0.496 e. The molecule has 0 aliphatic heterocycles. The topological polar surface area (TPSA) is 64.1 Å². The number of nitrogens with one attached hydrogen (secondary N) is 2. The van der Waals surface area contributed by atoms with E-state index in [1.165, 1.54) is 5.56 Å². The fourth-order valence-electron chi connectivity index (χ4n) is 2.79. The fraction of sp³-hybridized carbons (Fsp3) is 0.435. The van der Waals surface area contributed by atoms with Crippen molar-refractivity contribution in [1.29, 1.82) is 0 Å². The number of benzene rings is 2. The molecule has 0 amide bonds. The van der Waals surface area contributed by atoms with Crippen LogP contribution in [0.1, 0.15) is 23.6 Å². The first-order chi connectivity index (χ1) is 14.2. The number of hydrogen-bond acceptors (Lipinski definition) is 4. The molecule has 0 aromatic heterocycles. The predicted molar refractivity (Wildman–Crippen MR) is 133 cm³/mol. The van der Waals surface area contributed by atoms with E-state index in [-0.39, 0.29) is 24.0 Å². The summed E-state index contributed by atoms with van der Waals surface area (Å²) in [7, 11) is 3.37. The third-order valence-corrected chi connectivity index (χ3v) is 4.42. The van der Waals surface area contributed by atoms with Crippen LogP contribution in [0.25, 0.3) is 0 Å². The van der Waals surface area contributed by atoms with Gasteiger partial charge in [-0.3, -0.25) is 0 Å². The predicted octanol–water partition coefficient (Wildman–Crippen LogP) is 3.94. The zero-order valence-electron chi connectivity index (χ0n) is 18.4. The Morgan fingerprint density at radius 3 is 2.37 bits per heavy atom. The molecular formula is C23H34IN3O3. The number of rotatable bonds is 11. The van der Waals surface area contributed by atoms with Gasteiger partial charge in [-0.2, -0.15) is 0 Å². The van der Waals surface area contributed by atoms with Gasteiger partial charge in [0.1, 0.15) is 18.1 Å². The van der Waals surface area contributed by atoms with Gasteiger partial charge in [-0.1, -0.05) is 24.3 Å². The van der Waals surface area contributed by atoms with Gasteiger partial charge in [0.05, 0.1) is 20.3 Å². The maximum atomic E-state index is 5.59. The molecule has 0 aliphatic carbocycles. The molecule has 0 saturated heterocycles. The summed E-state index contributed by atoms with van der Waals surface area (Å²) in [6, 6.07) is 14.3. The minimum Gasteiger partial charge on any atom is -0.496 e. The summed E-state index contributed by atoms with van der Waals surface area (Å²) in [5.74, 6) is 2.58. The second-order valence-corrected chi connectivity index (χ2v) is 6.66. The molecule has 30 heavy (non-hydrogen) atoms. The van der Waals surface area contributed by atoms with E-state index >= 15 is 0 Å². The molecular weight excluding hydrogens is 493 g/mol. The van der Waals surface area contributed by atoms with Crippen molar-refractivity contribution in [2.45, 2.75) is 26.8 Å². The summed E-state index contributed by atoms with van der Waals surface area (Å²) < 4.78 is 16.0. The smallest absolute Gasteiger partial charge is 0.191 e. The Kier molecular flexibility index (Phi) is 12.9. The van der Waals surface area contributed by atoms with Gasteiger partial charge in [-0.25, -0.2) is 4.99 Å². The van der Waals surface area contributed by atoms with Crippen LogP contribution in [0.3, 0.4) is 0 Å². The fourth-order valence-corrected chi connectivity index (χ4v) is 2.79. The van der Waals surface area contributed by atoms with Crippen LogP contribution in [0.5, 0.6) is 11.5 Å². The van der Waals surface area contributed by atoms with E-state index in [9.17, 15) is 0 Å². The SMILES string of the molecule is CCNC(=NCc1ccc(OCCOC)cc1)NCCc1ccc(C)c(OC)c1.I. The first-order valence-electron chi connectivity index (χ1n) is 10.0. The number of aliphatic imine (C=N–C) groups is 1. The molecule has 2 N–H and O–H groups in total. The van der Waals surface area contributed by atoms with E-state index in [1.807, 2.05) is 24.3 Å². The number of halogens is 1. The van der Waals surface area contributed by atoms with Gasteiger partial charge in [-0.05, 0) is 55.2 Å². The van der Waals surface area contributed by atoms with Crippen molar-refractivity contribution in [1.82, 2.24) is 10.6 Å². The second-order valence-electron chi connectivity index (χ2n) is 6.66. The summed E-state index contributed by atoms with van der Waals surface area (Å²) in [6.07, 6.45) is 0.897. The maximum absolute atomic E-state index is 5.59. The van der Waals surface area contributed by atoms with Crippen molar-refractivity contribution in [3.63, 3.8) is 0 Å². The Labute approximate surface area is 197 Å². The number of aryl methyl sites for hydroxylation is 1. The van der Waals surface area contributed by atoms with Crippen molar-refractivity contribution in [3.8, 4) is 11.5 Å². The molecule has 0 bridgehead atoms. The van der Waals surface area contributed by atoms with E-state index in [0.717, 1.165) is 48.1 Å². The number of guanidine groups is 1. The van der Waals surface area contributed by atoms with Crippen LogP contribution in [-0.2, 0) is 17.7 Å². The van der Waals surface area contributed by atoms with E-state index in [4.69, 9.17) is 14.2 Å². The molecule has 7 heteroatoms. The van der Waals surface area contributed by atoms with Crippen LogP contribution in [-0.4, -0.2) is 46.5 Å². The zero-order chi connectivity index (χ0) is 20.9. The summed E-state index contributed by atoms with van der Waals surface area (Å²) in [6.45, 7) is 7.46. The van der Waals surface area contributed by atoms with Crippen LogP contribution in [0.4, 0.5) is 0 Å². The first kappa shape index (κ1) is 26.0. The number of hydrogen-bond donors (Lipinski definition) is 2. The normalized spacial score (nSPS) is 10.9. The highest BCUT2D eigenvalue weighted by Gasteiger charge is 2.02. The molecule has 2 rings (SSSR count). The van der Waals surface area contributed by atoms with Crippen LogP contribution in [0, 0.1) is 6.92 Å². The quantitative estimate of drug-likeness (QED) is 0.201. The van der Waals surface area contributed by atoms with Crippen molar-refractivity contribution >= 4 is 29.9 Å². The van der Waals surface area contributed by atoms with Crippen molar-refractivity contribution in [2.75, 3.05) is 40.5 Å². The van der Waals surface area contributed by atoms with E-state index in [2.05, 4.69) is 47.7 Å². The lowest BCUT2D eigenvalue weighted by atomic mass is 10.1. The minimum absolute atomic E-state index is 0. The molecule has 0 radical (unpaired) electrons. The Hall–Kier alpha value is -2.00. The van der Waals surface area contributed by atoms with Crippen molar-refractivity contribution in [3.05, 3.63) is 59.2 Å². The summed E-state index contributed by atoms with van der Waals surface area (Å²) >= 11 is 0. The standard InChI is InChI=1S/C23H33N3O3.HI/c1-5-24-23(25-13-12-19-7-6-18(2)22(16-19)28-4)26-17-20-8-10-21(11-9-20)29-15-14-27-3;/h6-11,16H,5,12-15,17H2,1-4H3,(H2,24,25,26);1H. The average Bonchev–Trinajstić information content (AvgIpc) is 2.74. The van der Waals surface area contributed by atoms with Crippen LogP contribution < -0.4 is 20.1 Å². The van der Waals surface area contributed by atoms with Crippen molar-refractivity contribution < 1.29 is 14.2 Å². The van der Waals surface area contributed by atoms with Gasteiger partial charge >= 0.3 is 0 Å². The van der Waals surface area contributed by atoms with E-state index < -0.39 is 0 Å². The highest BCUT2D eigenvalue weighted by Crippen LogP contribution is 2.19. The molecule has 2 aromatic carbocycles. The third kappa shape index (κ3) is 9.21. The Balaban J connectivity index is 0.00000450. The van der Waals surface area contributed by atoms with Gasteiger partial charge in [0, 0.05) is 20.2 Å². The maximum Gasteiger partial charge on any atom is 0.191 e. The van der Waals surface area contributed by atoms with Gasteiger partial charge in [0.2, 0.25) is 0 Å². The Morgan fingerprint density at radius 1 is 0.967 bits per heavy atom. The molecule has 0 atom stereocenters. The molecule has 0 saturated carbocycles. The molecule has 0 spiro atoms. The van der Waals surface area contributed by atoms with Gasteiger partial charge in [-0.15, -0.1) is 24.0 Å². The number of ether oxygens (including phenoxy) is 3. The number of nitrogens with zero attached hydrogens (tertiary/aromatic N) is 1. The molecule has 166 valence electrons. The lowest BCUT2D eigenvalue weighted by Crippen LogP contribution is -2.38. The lowest BCUT2D eigenvalue weighted by molar-refractivity contribution is 0.146. The Bertz CT molecular complexity index is 767. The second kappa shape index (κ2) is 14.9. The van der Waals surface area contributed by atoms with E-state index in [1.54, 1.807) is 14.2 Å².